The van der Waals surface area contributed by atoms with Crippen LogP contribution in [0.2, 0.25) is 0 Å². The summed E-state index contributed by atoms with van der Waals surface area (Å²) in [5, 5.41) is 20.4. The molecule has 0 heterocycles. The van der Waals surface area contributed by atoms with E-state index in [2.05, 4.69) is 19.9 Å². The fourth-order valence-corrected chi connectivity index (χ4v) is 7.47. The van der Waals surface area contributed by atoms with Crippen molar-refractivity contribution in [3.05, 3.63) is 11.6 Å². The molecule has 0 amide bonds. The smallest absolute Gasteiger partial charge is 0.0577 e. The molecular weight excluding hydrogens is 284 g/mol. The lowest BCUT2D eigenvalue weighted by atomic mass is 9.47. The quantitative estimate of drug-likeness (QED) is 0.707. The van der Waals surface area contributed by atoms with Gasteiger partial charge in [0.1, 0.15) is 0 Å². The molecule has 0 radical (unpaired) electrons. The molecule has 4 rings (SSSR count). The summed E-state index contributed by atoms with van der Waals surface area (Å²) in [6.07, 6.45) is 11.7. The van der Waals surface area contributed by atoms with Gasteiger partial charge >= 0.3 is 0 Å². The van der Waals surface area contributed by atoms with E-state index in [9.17, 15) is 10.2 Å². The number of allylic oxidation sites excluding steroid dienone is 1. The van der Waals surface area contributed by atoms with Crippen LogP contribution >= 0.6 is 0 Å². The Morgan fingerprint density at radius 2 is 1.87 bits per heavy atom. The third kappa shape index (κ3) is 2.20. The molecule has 0 aromatic heterocycles. The number of aliphatic hydroxyl groups is 2. The summed E-state index contributed by atoms with van der Waals surface area (Å²) in [7, 11) is 0. The monoisotopic (exact) mass is 318 g/mol. The van der Waals surface area contributed by atoms with Gasteiger partial charge in [0.25, 0.3) is 0 Å². The Bertz CT molecular complexity index is 510. The first kappa shape index (κ1) is 16.1. The minimum atomic E-state index is -0.156. The van der Waals surface area contributed by atoms with Crippen molar-refractivity contribution in [2.45, 2.75) is 84.3 Å². The molecule has 8 atom stereocenters. The third-order valence-corrected chi connectivity index (χ3v) is 8.73. The fraction of sp³-hybridized carbons (Fsp3) is 0.905. The van der Waals surface area contributed by atoms with Crippen molar-refractivity contribution in [1.29, 1.82) is 0 Å². The lowest BCUT2D eigenvalue weighted by molar-refractivity contribution is -0.0675. The maximum atomic E-state index is 10.3. The second kappa shape index (κ2) is 5.33. The summed E-state index contributed by atoms with van der Waals surface area (Å²) in [6, 6.07) is 0. The number of aliphatic hydroxyl groups excluding tert-OH is 2. The Morgan fingerprint density at radius 3 is 2.61 bits per heavy atom. The van der Waals surface area contributed by atoms with Gasteiger partial charge in [0.15, 0.2) is 0 Å². The lowest BCUT2D eigenvalue weighted by Crippen LogP contribution is -2.51. The van der Waals surface area contributed by atoms with Gasteiger partial charge < -0.3 is 10.2 Å². The minimum Gasteiger partial charge on any atom is -0.393 e. The van der Waals surface area contributed by atoms with Crippen LogP contribution in [0.25, 0.3) is 0 Å². The zero-order valence-electron chi connectivity index (χ0n) is 15.1. The number of hydrogen-bond donors (Lipinski definition) is 2. The van der Waals surface area contributed by atoms with Crippen LogP contribution in [0.1, 0.15) is 72.1 Å². The zero-order chi connectivity index (χ0) is 16.4. The van der Waals surface area contributed by atoms with Crippen molar-refractivity contribution in [2.75, 3.05) is 0 Å². The molecule has 130 valence electrons. The predicted octanol–water partition coefficient (Wildman–Crippen LogP) is 4.31. The largest absolute Gasteiger partial charge is 0.393 e. The molecule has 0 unspecified atom stereocenters. The molecule has 2 N–H and O–H groups in total. The molecule has 3 fully saturated rings. The van der Waals surface area contributed by atoms with Gasteiger partial charge in [-0.25, -0.2) is 0 Å². The van der Waals surface area contributed by atoms with Gasteiger partial charge in [-0.3, -0.25) is 0 Å². The van der Waals surface area contributed by atoms with Gasteiger partial charge in [-0.1, -0.05) is 25.5 Å². The highest BCUT2D eigenvalue weighted by molar-refractivity contribution is 5.25. The number of hydrogen-bond acceptors (Lipinski definition) is 2. The molecule has 23 heavy (non-hydrogen) atoms. The third-order valence-electron chi connectivity index (χ3n) is 8.73. The molecule has 4 aliphatic rings. The molecule has 2 nitrogen and oxygen atoms in total. The predicted molar refractivity (Wildman–Crippen MR) is 92.9 cm³/mol. The average molecular weight is 319 g/mol. The highest BCUT2D eigenvalue weighted by atomic mass is 16.3. The Kier molecular flexibility index (Phi) is 3.74. The van der Waals surface area contributed by atoms with E-state index in [0.29, 0.717) is 16.7 Å². The molecule has 4 aliphatic carbocycles. The van der Waals surface area contributed by atoms with Crippen LogP contribution in [0.15, 0.2) is 11.6 Å². The van der Waals surface area contributed by atoms with E-state index in [1.54, 1.807) is 5.57 Å². The first-order valence-electron chi connectivity index (χ1n) is 9.92. The van der Waals surface area contributed by atoms with Gasteiger partial charge in [0.05, 0.1) is 12.2 Å². The summed E-state index contributed by atoms with van der Waals surface area (Å²) in [5.41, 5.74) is 2.25. The van der Waals surface area contributed by atoms with E-state index < -0.39 is 0 Å². The van der Waals surface area contributed by atoms with Crippen LogP contribution in [-0.4, -0.2) is 22.4 Å². The Labute approximate surface area is 141 Å². The molecule has 3 saturated carbocycles. The molecular formula is C21H34O2. The minimum absolute atomic E-state index is 0.106. The molecule has 0 saturated heterocycles. The van der Waals surface area contributed by atoms with Crippen molar-refractivity contribution >= 4 is 0 Å². The summed E-state index contributed by atoms with van der Waals surface area (Å²) in [4.78, 5) is 0. The molecule has 0 bridgehead atoms. The van der Waals surface area contributed by atoms with Crippen molar-refractivity contribution in [3.8, 4) is 0 Å². The van der Waals surface area contributed by atoms with E-state index in [1.807, 2.05) is 6.92 Å². The Hall–Kier alpha value is -0.340. The van der Waals surface area contributed by atoms with Crippen molar-refractivity contribution in [2.24, 2.45) is 34.5 Å². The fourth-order valence-electron chi connectivity index (χ4n) is 7.47. The first-order valence-corrected chi connectivity index (χ1v) is 9.92. The highest BCUT2D eigenvalue weighted by Gasteiger charge is 2.59. The van der Waals surface area contributed by atoms with Crippen LogP contribution in [0.3, 0.4) is 0 Å². The lowest BCUT2D eigenvalue weighted by Gasteiger charge is -2.58. The van der Waals surface area contributed by atoms with Crippen molar-refractivity contribution < 1.29 is 10.2 Å². The summed E-state index contributed by atoms with van der Waals surface area (Å²) in [5.74, 6) is 2.91. The topological polar surface area (TPSA) is 40.5 Å². The van der Waals surface area contributed by atoms with E-state index in [1.165, 1.54) is 38.5 Å². The second-order valence-corrected chi connectivity index (χ2v) is 9.62. The summed E-state index contributed by atoms with van der Waals surface area (Å²) >= 11 is 0. The van der Waals surface area contributed by atoms with Crippen LogP contribution in [0.5, 0.6) is 0 Å². The van der Waals surface area contributed by atoms with Gasteiger partial charge in [-0.15, -0.1) is 0 Å². The molecule has 2 heteroatoms. The normalized spacial score (nSPS) is 53.8. The van der Waals surface area contributed by atoms with Gasteiger partial charge in [-0.2, -0.15) is 0 Å². The van der Waals surface area contributed by atoms with Gasteiger partial charge in [-0.05, 0) is 92.8 Å². The summed E-state index contributed by atoms with van der Waals surface area (Å²) in [6.45, 7) is 6.98. The Morgan fingerprint density at radius 1 is 1.09 bits per heavy atom. The second-order valence-electron chi connectivity index (χ2n) is 9.62. The molecule has 0 aliphatic heterocycles. The van der Waals surface area contributed by atoms with Crippen molar-refractivity contribution in [1.82, 2.24) is 0 Å². The standard InChI is InChI=1S/C21H34O2/c1-13(22)17-6-7-18-16-5-4-14-12-15(23)8-10-20(14,2)19(16)9-11-21(17,18)3/h4,13,15-19,22-23H,5-12H2,1-3H3/t13-,15-,16+,17-,18+,19+,20-,21-/m0/s1. The summed E-state index contributed by atoms with van der Waals surface area (Å²) < 4.78 is 0. The zero-order valence-corrected chi connectivity index (χ0v) is 15.1. The average Bonchev–Trinajstić information content (AvgIpc) is 2.85. The maximum absolute atomic E-state index is 10.3. The Balaban J connectivity index is 1.65. The van der Waals surface area contributed by atoms with Crippen molar-refractivity contribution in [3.63, 3.8) is 0 Å². The van der Waals surface area contributed by atoms with E-state index in [-0.39, 0.29) is 12.2 Å². The number of fused-ring (bicyclic) bond motifs is 5. The van der Waals surface area contributed by atoms with Crippen LogP contribution in [0, 0.1) is 34.5 Å². The van der Waals surface area contributed by atoms with E-state index >= 15 is 0 Å². The first-order chi connectivity index (χ1) is 10.9. The van der Waals surface area contributed by atoms with Crippen LogP contribution in [0.4, 0.5) is 0 Å². The molecule has 0 aromatic rings. The van der Waals surface area contributed by atoms with Crippen LogP contribution in [-0.2, 0) is 0 Å². The molecule has 0 spiro atoms. The van der Waals surface area contributed by atoms with E-state index in [0.717, 1.165) is 30.6 Å². The van der Waals surface area contributed by atoms with Gasteiger partial charge in [0.2, 0.25) is 0 Å². The van der Waals surface area contributed by atoms with Gasteiger partial charge in [0, 0.05) is 0 Å². The highest BCUT2D eigenvalue weighted by Crippen LogP contribution is 2.66. The number of rotatable bonds is 1. The van der Waals surface area contributed by atoms with Crippen LogP contribution < -0.4 is 0 Å². The SMILES string of the molecule is C[C@H](O)[C@@H]1CC[C@@H]2[C@H]3CC=C4C[C@@H](O)CC[C@]4(C)[C@@H]3CC[C@]21C. The van der Waals surface area contributed by atoms with E-state index in [4.69, 9.17) is 0 Å². The maximum Gasteiger partial charge on any atom is 0.0577 e. The molecule has 0 aromatic carbocycles.